The predicted octanol–water partition coefficient (Wildman–Crippen LogP) is 1.01. The zero-order chi connectivity index (χ0) is 12.3. The van der Waals surface area contributed by atoms with Crippen LogP contribution in [0.5, 0.6) is 0 Å². The van der Waals surface area contributed by atoms with Crippen molar-refractivity contribution in [3.8, 4) is 0 Å². The van der Waals surface area contributed by atoms with E-state index in [1.807, 2.05) is 0 Å². The first-order valence-electron chi connectivity index (χ1n) is 5.85. The van der Waals surface area contributed by atoms with Gasteiger partial charge in [0.15, 0.2) is 0 Å². The molecule has 5 nitrogen and oxygen atoms in total. The van der Waals surface area contributed by atoms with E-state index in [2.05, 4.69) is 10.0 Å². The lowest BCUT2D eigenvalue weighted by Gasteiger charge is -2.24. The van der Waals surface area contributed by atoms with Crippen molar-refractivity contribution in [3.63, 3.8) is 0 Å². The number of rotatable bonds is 4. The molecule has 0 aromatic carbocycles. The lowest BCUT2D eigenvalue weighted by molar-refractivity contribution is 0.448. The van der Waals surface area contributed by atoms with Crippen LogP contribution in [0.25, 0.3) is 0 Å². The van der Waals surface area contributed by atoms with Gasteiger partial charge in [0, 0.05) is 6.54 Å². The average Bonchev–Trinajstić information content (AvgIpc) is 2.83. The molecule has 0 aliphatic carbocycles. The lowest BCUT2D eigenvalue weighted by atomic mass is 10.2. The summed E-state index contributed by atoms with van der Waals surface area (Å²) in [4.78, 5) is 0. The van der Waals surface area contributed by atoms with Gasteiger partial charge in [-0.25, -0.2) is 13.1 Å². The van der Waals surface area contributed by atoms with Crippen LogP contribution < -0.4 is 10.0 Å². The molecule has 0 bridgehead atoms. The summed E-state index contributed by atoms with van der Waals surface area (Å²) in [5.74, 6) is 0.636. The van der Waals surface area contributed by atoms with Gasteiger partial charge in [-0.2, -0.15) is 0 Å². The maximum absolute atomic E-state index is 12.1. The highest BCUT2D eigenvalue weighted by atomic mass is 32.2. The highest BCUT2D eigenvalue weighted by molar-refractivity contribution is 7.90. The van der Waals surface area contributed by atoms with Crippen molar-refractivity contribution in [2.45, 2.75) is 31.1 Å². The number of hydrogen-bond donors (Lipinski definition) is 2. The van der Waals surface area contributed by atoms with Crippen molar-refractivity contribution in [2.75, 3.05) is 13.1 Å². The summed E-state index contributed by atoms with van der Waals surface area (Å²) >= 11 is 0. The molecule has 1 saturated heterocycles. The van der Waals surface area contributed by atoms with E-state index in [4.69, 9.17) is 4.42 Å². The minimum Gasteiger partial charge on any atom is -0.468 e. The second-order valence-corrected chi connectivity index (χ2v) is 6.36. The Bertz CT molecular complexity index is 435. The van der Waals surface area contributed by atoms with Gasteiger partial charge in [0.1, 0.15) is 5.76 Å². The zero-order valence-corrected chi connectivity index (χ0v) is 10.7. The summed E-state index contributed by atoms with van der Waals surface area (Å²) in [6.07, 6.45) is 3.16. The lowest BCUT2D eigenvalue weighted by Crippen LogP contribution is -2.44. The van der Waals surface area contributed by atoms with Gasteiger partial charge < -0.3 is 9.73 Å². The van der Waals surface area contributed by atoms with Crippen LogP contribution in [0, 0.1) is 0 Å². The van der Waals surface area contributed by atoms with E-state index in [0.29, 0.717) is 18.7 Å². The van der Waals surface area contributed by atoms with Crippen LogP contribution in [-0.4, -0.2) is 26.8 Å². The van der Waals surface area contributed by atoms with E-state index >= 15 is 0 Å². The number of furan rings is 1. The van der Waals surface area contributed by atoms with Crippen molar-refractivity contribution >= 4 is 10.0 Å². The van der Waals surface area contributed by atoms with Gasteiger partial charge in [-0.3, -0.25) is 0 Å². The quantitative estimate of drug-likeness (QED) is 0.845. The molecule has 1 aliphatic heterocycles. The third kappa shape index (κ3) is 3.08. The Hall–Kier alpha value is -0.850. The Kier molecular flexibility index (Phi) is 3.86. The van der Waals surface area contributed by atoms with E-state index in [1.165, 1.54) is 0 Å². The third-order valence-electron chi connectivity index (χ3n) is 3.00. The molecule has 17 heavy (non-hydrogen) atoms. The Labute approximate surface area is 102 Å². The maximum Gasteiger partial charge on any atom is 0.216 e. The molecule has 0 radical (unpaired) electrons. The van der Waals surface area contributed by atoms with Crippen LogP contribution in [-0.2, 0) is 10.0 Å². The second-order valence-electron chi connectivity index (χ2n) is 4.37. The molecular weight excluding hydrogens is 240 g/mol. The first-order chi connectivity index (χ1) is 8.09. The molecule has 2 rings (SSSR count). The Balaban J connectivity index is 2.01. The first kappa shape index (κ1) is 12.6. The fourth-order valence-electron chi connectivity index (χ4n) is 2.02. The van der Waals surface area contributed by atoms with Crippen LogP contribution >= 0.6 is 0 Å². The van der Waals surface area contributed by atoms with Gasteiger partial charge in [-0.15, -0.1) is 0 Å². The van der Waals surface area contributed by atoms with Crippen LogP contribution in [0.1, 0.15) is 31.6 Å². The standard InChI is InChI=1S/C11H18N2O3S/c1-9(11-5-3-7-16-11)13-17(14,15)10-4-2-6-12-8-10/h3,5,7,9-10,12-13H,2,4,6,8H2,1H3. The number of sulfonamides is 1. The molecule has 2 unspecified atom stereocenters. The van der Waals surface area contributed by atoms with Crippen LogP contribution in [0.4, 0.5) is 0 Å². The SMILES string of the molecule is CC(NS(=O)(=O)C1CCCNC1)c1ccco1. The van der Waals surface area contributed by atoms with Crippen LogP contribution in [0.2, 0.25) is 0 Å². The summed E-state index contributed by atoms with van der Waals surface area (Å²) in [7, 11) is -3.28. The smallest absolute Gasteiger partial charge is 0.216 e. The molecule has 96 valence electrons. The van der Waals surface area contributed by atoms with Gasteiger partial charge in [0.05, 0.1) is 17.6 Å². The summed E-state index contributed by atoms with van der Waals surface area (Å²) in [5, 5.41) is 2.77. The fraction of sp³-hybridized carbons (Fsp3) is 0.636. The fourth-order valence-corrected chi connectivity index (χ4v) is 3.64. The molecule has 2 atom stereocenters. The molecule has 0 spiro atoms. The zero-order valence-electron chi connectivity index (χ0n) is 9.85. The molecule has 1 aromatic heterocycles. The second kappa shape index (κ2) is 5.20. The topological polar surface area (TPSA) is 71.3 Å². The van der Waals surface area contributed by atoms with E-state index in [9.17, 15) is 8.42 Å². The normalized spacial score (nSPS) is 23.5. The van der Waals surface area contributed by atoms with E-state index < -0.39 is 10.0 Å². The number of nitrogens with one attached hydrogen (secondary N) is 2. The van der Waals surface area contributed by atoms with E-state index in [0.717, 1.165) is 13.0 Å². The minimum atomic E-state index is -3.28. The van der Waals surface area contributed by atoms with Gasteiger partial charge in [0.2, 0.25) is 10.0 Å². The predicted molar refractivity (Wildman–Crippen MR) is 65.1 cm³/mol. The van der Waals surface area contributed by atoms with Crippen molar-refractivity contribution in [2.24, 2.45) is 0 Å². The van der Waals surface area contributed by atoms with Gasteiger partial charge in [-0.1, -0.05) is 0 Å². The van der Waals surface area contributed by atoms with E-state index in [1.54, 1.807) is 25.3 Å². The number of hydrogen-bond acceptors (Lipinski definition) is 4. The van der Waals surface area contributed by atoms with Crippen molar-refractivity contribution in [1.29, 1.82) is 0 Å². The molecule has 0 amide bonds. The monoisotopic (exact) mass is 258 g/mol. The molecule has 1 aromatic rings. The summed E-state index contributed by atoms with van der Waals surface area (Å²) < 4.78 is 32.0. The van der Waals surface area contributed by atoms with Crippen molar-refractivity contribution < 1.29 is 12.8 Å². The highest BCUT2D eigenvalue weighted by Crippen LogP contribution is 2.17. The molecule has 2 N–H and O–H groups in total. The molecule has 1 aliphatic rings. The van der Waals surface area contributed by atoms with Crippen LogP contribution in [0.15, 0.2) is 22.8 Å². The molecule has 6 heteroatoms. The average molecular weight is 258 g/mol. The van der Waals surface area contributed by atoms with Crippen molar-refractivity contribution in [1.82, 2.24) is 10.0 Å². The Morgan fingerprint density at radius 2 is 2.41 bits per heavy atom. The molecule has 1 fully saturated rings. The van der Waals surface area contributed by atoms with Gasteiger partial charge >= 0.3 is 0 Å². The van der Waals surface area contributed by atoms with Gasteiger partial charge in [0.25, 0.3) is 0 Å². The summed E-state index contributed by atoms with van der Waals surface area (Å²) in [5.41, 5.74) is 0. The van der Waals surface area contributed by atoms with Gasteiger partial charge in [-0.05, 0) is 38.4 Å². The Morgan fingerprint density at radius 1 is 1.59 bits per heavy atom. The molecule has 0 saturated carbocycles. The molecular formula is C11H18N2O3S. The Morgan fingerprint density at radius 3 is 3.00 bits per heavy atom. The van der Waals surface area contributed by atoms with E-state index in [-0.39, 0.29) is 11.3 Å². The highest BCUT2D eigenvalue weighted by Gasteiger charge is 2.29. The van der Waals surface area contributed by atoms with Crippen molar-refractivity contribution in [3.05, 3.63) is 24.2 Å². The first-order valence-corrected chi connectivity index (χ1v) is 7.39. The summed E-state index contributed by atoms with van der Waals surface area (Å²) in [6.45, 7) is 3.21. The minimum absolute atomic E-state index is 0.322. The number of piperidine rings is 1. The molecule has 2 heterocycles. The van der Waals surface area contributed by atoms with Crippen LogP contribution in [0.3, 0.4) is 0 Å². The third-order valence-corrected chi connectivity index (χ3v) is 4.96. The largest absolute Gasteiger partial charge is 0.468 e. The summed E-state index contributed by atoms with van der Waals surface area (Å²) in [6, 6.07) is 3.20. The maximum atomic E-state index is 12.1.